The normalized spacial score (nSPS) is 24.3. The van der Waals surface area contributed by atoms with Crippen molar-refractivity contribution in [1.82, 2.24) is 10.2 Å². The highest BCUT2D eigenvalue weighted by Crippen LogP contribution is 2.29. The number of hydrogen-bond acceptors (Lipinski definition) is 6. The van der Waals surface area contributed by atoms with Crippen LogP contribution in [0.25, 0.3) is 0 Å². The molecule has 3 aliphatic rings. The number of halogens is 1. The molecule has 0 spiro atoms. The molecule has 1 unspecified atom stereocenters. The minimum absolute atomic E-state index is 0.267. The van der Waals surface area contributed by atoms with Gasteiger partial charge in [0.25, 0.3) is 0 Å². The fourth-order valence-corrected chi connectivity index (χ4v) is 4.86. The molecule has 4 N–H and O–H groups in total. The molecule has 1 aromatic rings. The second-order valence-electron chi connectivity index (χ2n) is 9.21. The molecule has 0 saturated carbocycles. The zero-order valence-corrected chi connectivity index (χ0v) is 18.1. The molecule has 31 heavy (non-hydrogen) atoms. The minimum atomic E-state index is -0.579. The fraction of sp³-hybridized carbons (Fsp3) is 0.652. The van der Waals surface area contributed by atoms with E-state index in [0.29, 0.717) is 18.2 Å². The third-order valence-electron chi connectivity index (χ3n) is 6.99. The van der Waals surface area contributed by atoms with Crippen molar-refractivity contribution in [3.63, 3.8) is 0 Å². The molecule has 8 heteroatoms. The third-order valence-corrected chi connectivity index (χ3v) is 6.99. The summed E-state index contributed by atoms with van der Waals surface area (Å²) in [5, 5.41) is 5.23. The molecule has 7 nitrogen and oxygen atoms in total. The van der Waals surface area contributed by atoms with E-state index in [9.17, 15) is 14.0 Å². The molecule has 0 aliphatic carbocycles. The summed E-state index contributed by atoms with van der Waals surface area (Å²) in [5.41, 5.74) is 7.18. The SMILES string of the molecule is NC1CCN(CCC2CCN(c3ccc(NC4CCC(=O)NC4=O)c(F)c3)CC2)CC1. The van der Waals surface area contributed by atoms with E-state index in [1.54, 1.807) is 12.1 Å². The maximum atomic E-state index is 14.7. The van der Waals surface area contributed by atoms with Gasteiger partial charge in [-0.1, -0.05) is 0 Å². The number of piperidine rings is 3. The Morgan fingerprint density at radius 3 is 2.48 bits per heavy atom. The lowest BCUT2D eigenvalue weighted by molar-refractivity contribution is -0.133. The maximum Gasteiger partial charge on any atom is 0.249 e. The number of carbonyl (C=O) groups is 2. The number of anilines is 2. The molecule has 3 aliphatic heterocycles. The second-order valence-corrected chi connectivity index (χ2v) is 9.21. The number of nitrogens with zero attached hydrogens (tertiary/aromatic N) is 2. The number of benzene rings is 1. The number of nitrogens with two attached hydrogens (primary N) is 1. The van der Waals surface area contributed by atoms with E-state index in [0.717, 1.165) is 70.0 Å². The van der Waals surface area contributed by atoms with Crippen molar-refractivity contribution in [2.45, 2.75) is 57.0 Å². The highest BCUT2D eigenvalue weighted by Gasteiger charge is 2.27. The van der Waals surface area contributed by atoms with Crippen LogP contribution in [0.4, 0.5) is 15.8 Å². The summed E-state index contributed by atoms with van der Waals surface area (Å²) in [6.07, 6.45) is 6.35. The van der Waals surface area contributed by atoms with Gasteiger partial charge in [-0.05, 0) is 82.3 Å². The molecule has 170 valence electrons. The van der Waals surface area contributed by atoms with Crippen LogP contribution in [-0.2, 0) is 9.59 Å². The average Bonchev–Trinajstić information content (AvgIpc) is 2.77. The average molecular weight is 432 g/mol. The van der Waals surface area contributed by atoms with Gasteiger partial charge in [-0.15, -0.1) is 0 Å². The first-order valence-corrected chi connectivity index (χ1v) is 11.6. The smallest absolute Gasteiger partial charge is 0.249 e. The first-order chi connectivity index (χ1) is 15.0. The Kier molecular flexibility index (Phi) is 7.07. The predicted molar refractivity (Wildman–Crippen MR) is 119 cm³/mol. The van der Waals surface area contributed by atoms with E-state index >= 15 is 0 Å². The van der Waals surface area contributed by atoms with Crippen LogP contribution in [0, 0.1) is 11.7 Å². The Balaban J connectivity index is 1.24. The molecule has 0 bridgehead atoms. The second kappa shape index (κ2) is 9.96. The van der Waals surface area contributed by atoms with Crippen molar-refractivity contribution in [2.24, 2.45) is 11.7 Å². The highest BCUT2D eigenvalue weighted by atomic mass is 19.1. The van der Waals surface area contributed by atoms with Gasteiger partial charge in [0.1, 0.15) is 11.9 Å². The van der Waals surface area contributed by atoms with E-state index in [1.807, 2.05) is 6.07 Å². The Morgan fingerprint density at radius 2 is 1.81 bits per heavy atom. The van der Waals surface area contributed by atoms with Gasteiger partial charge in [0, 0.05) is 31.2 Å². The van der Waals surface area contributed by atoms with Gasteiger partial charge in [-0.3, -0.25) is 14.9 Å². The summed E-state index contributed by atoms with van der Waals surface area (Å²) < 4.78 is 14.7. The molecule has 1 aromatic carbocycles. The Morgan fingerprint density at radius 1 is 1.06 bits per heavy atom. The standard InChI is InChI=1S/C23H34FN5O2/c24-19-15-18(1-2-20(19)26-21-3-4-22(30)27-23(21)31)29-13-6-16(7-14-29)5-10-28-11-8-17(25)9-12-28/h1-2,15-17,21,26H,3-14,25H2,(H,27,30,31). The van der Waals surface area contributed by atoms with Crippen LogP contribution < -0.4 is 21.3 Å². The van der Waals surface area contributed by atoms with Gasteiger partial charge >= 0.3 is 0 Å². The fourth-order valence-electron chi connectivity index (χ4n) is 4.86. The zero-order chi connectivity index (χ0) is 21.8. The Labute approximate surface area is 183 Å². The zero-order valence-electron chi connectivity index (χ0n) is 18.1. The van der Waals surface area contributed by atoms with Crippen LogP contribution in [0.5, 0.6) is 0 Å². The summed E-state index contributed by atoms with van der Waals surface area (Å²) in [5.74, 6) is -0.311. The summed E-state index contributed by atoms with van der Waals surface area (Å²) >= 11 is 0. The van der Waals surface area contributed by atoms with Gasteiger partial charge in [0.05, 0.1) is 5.69 Å². The van der Waals surface area contributed by atoms with Crippen molar-refractivity contribution in [3.8, 4) is 0 Å². The van der Waals surface area contributed by atoms with Gasteiger partial charge in [0.2, 0.25) is 11.8 Å². The van der Waals surface area contributed by atoms with Gasteiger partial charge in [-0.2, -0.15) is 0 Å². The van der Waals surface area contributed by atoms with Crippen LogP contribution in [0.2, 0.25) is 0 Å². The molecule has 0 radical (unpaired) electrons. The largest absolute Gasteiger partial charge is 0.371 e. The molecule has 2 amide bonds. The van der Waals surface area contributed by atoms with Gasteiger partial charge < -0.3 is 20.9 Å². The van der Waals surface area contributed by atoms with Crippen molar-refractivity contribution in [2.75, 3.05) is 42.9 Å². The van der Waals surface area contributed by atoms with E-state index < -0.39 is 11.9 Å². The lowest BCUT2D eigenvalue weighted by atomic mass is 9.92. The minimum Gasteiger partial charge on any atom is -0.371 e. The van der Waals surface area contributed by atoms with E-state index in [4.69, 9.17) is 5.73 Å². The number of nitrogens with one attached hydrogen (secondary N) is 2. The number of rotatable bonds is 6. The van der Waals surface area contributed by atoms with Gasteiger partial charge in [0.15, 0.2) is 0 Å². The van der Waals surface area contributed by atoms with Crippen molar-refractivity contribution in [3.05, 3.63) is 24.0 Å². The van der Waals surface area contributed by atoms with Gasteiger partial charge in [-0.25, -0.2) is 4.39 Å². The molecular formula is C23H34FN5O2. The van der Waals surface area contributed by atoms with Crippen LogP contribution >= 0.6 is 0 Å². The van der Waals surface area contributed by atoms with Crippen molar-refractivity contribution in [1.29, 1.82) is 0 Å². The summed E-state index contributed by atoms with van der Waals surface area (Å²) in [4.78, 5) is 28.0. The topological polar surface area (TPSA) is 90.7 Å². The first-order valence-electron chi connectivity index (χ1n) is 11.6. The van der Waals surface area contributed by atoms with E-state index in [-0.39, 0.29) is 18.1 Å². The van der Waals surface area contributed by atoms with Crippen LogP contribution in [0.1, 0.15) is 44.9 Å². The summed E-state index contributed by atoms with van der Waals surface area (Å²) in [6, 6.07) is 4.96. The molecule has 3 fully saturated rings. The molecule has 4 rings (SSSR count). The van der Waals surface area contributed by atoms with E-state index in [2.05, 4.69) is 20.4 Å². The van der Waals surface area contributed by atoms with Crippen LogP contribution in [-0.4, -0.2) is 61.5 Å². The number of likely N-dealkylation sites (tertiary alicyclic amines) is 1. The highest BCUT2D eigenvalue weighted by molar-refractivity contribution is 6.01. The molecular weight excluding hydrogens is 397 g/mol. The molecule has 0 aromatic heterocycles. The van der Waals surface area contributed by atoms with Crippen molar-refractivity contribution >= 4 is 23.2 Å². The third kappa shape index (κ3) is 5.74. The molecule has 3 saturated heterocycles. The lowest BCUT2D eigenvalue weighted by Gasteiger charge is -2.36. The number of amides is 2. The van der Waals surface area contributed by atoms with Crippen LogP contribution in [0.15, 0.2) is 18.2 Å². The maximum absolute atomic E-state index is 14.7. The summed E-state index contributed by atoms with van der Waals surface area (Å²) in [7, 11) is 0. The predicted octanol–water partition coefficient (Wildman–Crippen LogP) is 2.07. The number of imide groups is 1. The number of carbonyl (C=O) groups excluding carboxylic acids is 2. The van der Waals surface area contributed by atoms with E-state index in [1.165, 1.54) is 6.42 Å². The molecule has 1 atom stereocenters. The first kappa shape index (κ1) is 22.0. The monoisotopic (exact) mass is 431 g/mol. The Bertz CT molecular complexity index is 788. The number of hydrogen-bond donors (Lipinski definition) is 3. The Hall–Kier alpha value is -2.19. The lowest BCUT2D eigenvalue weighted by Crippen LogP contribution is -2.47. The molecule has 3 heterocycles. The summed E-state index contributed by atoms with van der Waals surface area (Å²) in [6.45, 7) is 5.29. The van der Waals surface area contributed by atoms with Crippen LogP contribution in [0.3, 0.4) is 0 Å². The quantitative estimate of drug-likeness (QED) is 0.598. The van der Waals surface area contributed by atoms with Crippen molar-refractivity contribution < 1.29 is 14.0 Å².